The molecule has 0 aliphatic carbocycles. The predicted octanol–water partition coefficient (Wildman–Crippen LogP) is 5.47. The molecule has 0 aliphatic rings. The Morgan fingerprint density at radius 1 is 1.14 bits per heavy atom. The van der Waals surface area contributed by atoms with Crippen LogP contribution in [0.1, 0.15) is 22.2 Å². The summed E-state index contributed by atoms with van der Waals surface area (Å²) in [7, 11) is 0. The zero-order valence-electron chi connectivity index (χ0n) is 11.9. The average Bonchev–Trinajstić information content (AvgIpc) is 2.96. The molecule has 112 valence electrons. The molecule has 3 aromatic rings. The van der Waals surface area contributed by atoms with Crippen molar-refractivity contribution in [2.24, 2.45) is 5.73 Å². The number of hydrogen-bond acceptors (Lipinski definition) is 3. The van der Waals surface area contributed by atoms with E-state index in [1.54, 1.807) is 6.07 Å². The fourth-order valence-electron chi connectivity index (χ4n) is 2.26. The number of nitrogens with two attached hydrogens (primary N) is 1. The van der Waals surface area contributed by atoms with Crippen molar-refractivity contribution in [3.8, 4) is 11.3 Å². The molecule has 2 nitrogen and oxygen atoms in total. The molecule has 1 unspecified atom stereocenters. The van der Waals surface area contributed by atoms with Gasteiger partial charge in [0.25, 0.3) is 0 Å². The molecular formula is C17H14Cl2N2S. The van der Waals surface area contributed by atoms with Crippen LogP contribution in [0.4, 0.5) is 0 Å². The molecule has 2 aromatic carbocycles. The molecule has 5 heteroatoms. The van der Waals surface area contributed by atoms with Gasteiger partial charge < -0.3 is 5.73 Å². The van der Waals surface area contributed by atoms with Gasteiger partial charge in [-0.2, -0.15) is 0 Å². The quantitative estimate of drug-likeness (QED) is 0.681. The number of rotatable bonds is 3. The molecule has 0 spiro atoms. The van der Waals surface area contributed by atoms with Crippen LogP contribution in [0.2, 0.25) is 10.0 Å². The number of halogens is 2. The van der Waals surface area contributed by atoms with Gasteiger partial charge in [0, 0.05) is 16.0 Å². The van der Waals surface area contributed by atoms with Crippen molar-refractivity contribution in [2.45, 2.75) is 13.0 Å². The van der Waals surface area contributed by atoms with Crippen LogP contribution in [0.15, 0.2) is 47.8 Å². The van der Waals surface area contributed by atoms with Crippen molar-refractivity contribution in [1.82, 2.24) is 4.98 Å². The molecule has 0 bridgehead atoms. The summed E-state index contributed by atoms with van der Waals surface area (Å²) in [5, 5.41) is 4.04. The summed E-state index contributed by atoms with van der Waals surface area (Å²) in [6.45, 7) is 2.05. The van der Waals surface area contributed by atoms with Crippen molar-refractivity contribution in [3.63, 3.8) is 0 Å². The van der Waals surface area contributed by atoms with Gasteiger partial charge in [-0.1, -0.05) is 53.0 Å². The summed E-state index contributed by atoms with van der Waals surface area (Å²) in [6, 6.07) is 13.3. The zero-order valence-corrected chi connectivity index (χ0v) is 14.2. The Morgan fingerprint density at radius 3 is 2.68 bits per heavy atom. The predicted molar refractivity (Wildman–Crippen MR) is 94.8 cm³/mol. The molecule has 0 aliphatic heterocycles. The van der Waals surface area contributed by atoms with Crippen LogP contribution in [0.25, 0.3) is 11.3 Å². The molecular weight excluding hydrogens is 335 g/mol. The molecule has 2 N–H and O–H groups in total. The van der Waals surface area contributed by atoms with Crippen molar-refractivity contribution in [3.05, 3.63) is 74.0 Å². The van der Waals surface area contributed by atoms with Gasteiger partial charge in [-0.3, -0.25) is 0 Å². The minimum Gasteiger partial charge on any atom is -0.318 e. The van der Waals surface area contributed by atoms with E-state index >= 15 is 0 Å². The van der Waals surface area contributed by atoms with E-state index in [4.69, 9.17) is 28.9 Å². The Balaban J connectivity index is 1.93. The Morgan fingerprint density at radius 2 is 1.95 bits per heavy atom. The number of hydrogen-bond donors (Lipinski definition) is 1. The maximum absolute atomic E-state index is 6.33. The lowest BCUT2D eigenvalue weighted by atomic mass is 10.1. The monoisotopic (exact) mass is 348 g/mol. The van der Waals surface area contributed by atoms with E-state index in [2.05, 4.69) is 24.0 Å². The normalized spacial score (nSPS) is 12.4. The summed E-state index contributed by atoms with van der Waals surface area (Å²) in [5.41, 5.74) is 10.3. The lowest BCUT2D eigenvalue weighted by Gasteiger charge is -2.09. The van der Waals surface area contributed by atoms with E-state index in [0.29, 0.717) is 10.0 Å². The van der Waals surface area contributed by atoms with Crippen molar-refractivity contribution >= 4 is 34.5 Å². The molecule has 0 radical (unpaired) electrons. The van der Waals surface area contributed by atoms with E-state index in [1.165, 1.54) is 16.9 Å². The number of aromatic nitrogens is 1. The highest BCUT2D eigenvalue weighted by atomic mass is 35.5. The number of nitrogens with zero attached hydrogens (tertiary/aromatic N) is 1. The highest BCUT2D eigenvalue weighted by molar-refractivity contribution is 7.10. The molecule has 22 heavy (non-hydrogen) atoms. The summed E-state index contributed by atoms with van der Waals surface area (Å²) in [6.07, 6.45) is 0. The van der Waals surface area contributed by atoms with Gasteiger partial charge in [0.05, 0.1) is 16.8 Å². The molecule has 1 heterocycles. The second-order valence-corrected chi connectivity index (χ2v) is 6.82. The molecule has 3 rings (SSSR count). The summed E-state index contributed by atoms with van der Waals surface area (Å²) in [4.78, 5) is 4.64. The van der Waals surface area contributed by atoms with Gasteiger partial charge >= 0.3 is 0 Å². The lowest BCUT2D eigenvalue weighted by Crippen LogP contribution is -2.11. The smallest absolute Gasteiger partial charge is 0.115 e. The Labute approximate surface area is 143 Å². The maximum atomic E-state index is 6.33. The van der Waals surface area contributed by atoms with Crippen LogP contribution in [0.3, 0.4) is 0 Å². The minimum atomic E-state index is -0.232. The number of aryl methyl sites for hydroxylation is 1. The lowest BCUT2D eigenvalue weighted by molar-refractivity contribution is 0.857. The van der Waals surface area contributed by atoms with Gasteiger partial charge in [-0.25, -0.2) is 4.98 Å². The molecule has 0 fully saturated rings. The van der Waals surface area contributed by atoms with Crippen molar-refractivity contribution in [2.75, 3.05) is 0 Å². The summed E-state index contributed by atoms with van der Waals surface area (Å²) in [5.74, 6) is 0. The average molecular weight is 349 g/mol. The van der Waals surface area contributed by atoms with Gasteiger partial charge in [-0.15, -0.1) is 11.3 Å². The number of thiazole rings is 1. The molecule has 0 saturated heterocycles. The van der Waals surface area contributed by atoms with Crippen LogP contribution < -0.4 is 5.73 Å². The van der Waals surface area contributed by atoms with E-state index in [9.17, 15) is 0 Å². The van der Waals surface area contributed by atoms with Crippen LogP contribution in [0, 0.1) is 6.92 Å². The first kappa shape index (κ1) is 15.5. The highest BCUT2D eigenvalue weighted by Gasteiger charge is 2.15. The topological polar surface area (TPSA) is 38.9 Å². The molecule has 0 amide bonds. The summed E-state index contributed by atoms with van der Waals surface area (Å²) < 4.78 is 0. The van der Waals surface area contributed by atoms with Crippen LogP contribution in [0.5, 0.6) is 0 Å². The van der Waals surface area contributed by atoms with Gasteiger partial charge in [0.15, 0.2) is 0 Å². The third-order valence-corrected chi connectivity index (χ3v) is 4.87. The first-order chi connectivity index (χ1) is 10.5. The SMILES string of the molecule is Cc1cccc(C(N)c2nc(-c3ccc(Cl)cc3Cl)cs2)c1. The highest BCUT2D eigenvalue weighted by Crippen LogP contribution is 2.33. The van der Waals surface area contributed by atoms with E-state index in [1.807, 2.05) is 29.6 Å². The fraction of sp³-hybridized carbons (Fsp3) is 0.118. The van der Waals surface area contributed by atoms with Crippen LogP contribution in [-0.4, -0.2) is 4.98 Å². The van der Waals surface area contributed by atoms with Crippen molar-refractivity contribution < 1.29 is 0 Å². The molecule has 1 atom stereocenters. The minimum absolute atomic E-state index is 0.232. The molecule has 1 aromatic heterocycles. The largest absolute Gasteiger partial charge is 0.318 e. The van der Waals surface area contributed by atoms with E-state index in [-0.39, 0.29) is 6.04 Å². The van der Waals surface area contributed by atoms with Gasteiger partial charge in [0.1, 0.15) is 5.01 Å². The maximum Gasteiger partial charge on any atom is 0.115 e. The van der Waals surface area contributed by atoms with E-state index < -0.39 is 0 Å². The third kappa shape index (κ3) is 3.18. The van der Waals surface area contributed by atoms with E-state index in [0.717, 1.165) is 21.8 Å². The third-order valence-electron chi connectivity index (χ3n) is 3.40. The second-order valence-electron chi connectivity index (χ2n) is 5.09. The standard InChI is InChI=1S/C17H14Cl2N2S/c1-10-3-2-4-11(7-10)16(20)17-21-15(9-22-17)13-6-5-12(18)8-14(13)19/h2-9,16H,20H2,1H3. The van der Waals surface area contributed by atoms with Crippen molar-refractivity contribution in [1.29, 1.82) is 0 Å². The first-order valence-electron chi connectivity index (χ1n) is 6.77. The van der Waals surface area contributed by atoms with Gasteiger partial charge in [-0.05, 0) is 30.7 Å². The number of benzene rings is 2. The Hall–Kier alpha value is -1.39. The zero-order chi connectivity index (χ0) is 15.7. The second kappa shape index (κ2) is 6.39. The fourth-order valence-corrected chi connectivity index (χ4v) is 3.61. The Bertz CT molecular complexity index is 814. The summed E-state index contributed by atoms with van der Waals surface area (Å²) >= 11 is 13.7. The Kier molecular flexibility index (Phi) is 4.50. The molecule has 0 saturated carbocycles. The van der Waals surface area contributed by atoms with Crippen LogP contribution >= 0.6 is 34.5 Å². The van der Waals surface area contributed by atoms with Gasteiger partial charge in [0.2, 0.25) is 0 Å². The first-order valence-corrected chi connectivity index (χ1v) is 8.41. The van der Waals surface area contributed by atoms with Crippen LogP contribution in [-0.2, 0) is 0 Å².